The summed E-state index contributed by atoms with van der Waals surface area (Å²) in [6, 6.07) is 3.76. The van der Waals surface area contributed by atoms with Crippen LogP contribution < -0.4 is 5.32 Å². The highest BCUT2D eigenvalue weighted by atomic mass is 35.5. The van der Waals surface area contributed by atoms with Crippen LogP contribution in [0.15, 0.2) is 12.1 Å². The van der Waals surface area contributed by atoms with E-state index in [1.807, 2.05) is 12.1 Å². The van der Waals surface area contributed by atoms with E-state index in [-0.39, 0.29) is 6.42 Å². The number of hydrogen-bond acceptors (Lipinski definition) is 2. The molecule has 0 atom stereocenters. The lowest BCUT2D eigenvalue weighted by molar-refractivity contribution is -0.135. The molecule has 1 aromatic heterocycles. The van der Waals surface area contributed by atoms with Crippen molar-refractivity contribution in [2.75, 3.05) is 13.1 Å². The number of alkyl halides is 3. The Kier molecular flexibility index (Phi) is 5.58. The van der Waals surface area contributed by atoms with Gasteiger partial charge in [0, 0.05) is 11.3 Å². The number of rotatable bonds is 6. The van der Waals surface area contributed by atoms with Crippen LogP contribution in [0, 0.1) is 0 Å². The molecule has 0 bridgehead atoms. The summed E-state index contributed by atoms with van der Waals surface area (Å²) >= 11 is 7.25. The van der Waals surface area contributed by atoms with Crippen LogP contribution in [0.2, 0.25) is 4.34 Å². The molecule has 0 amide bonds. The zero-order valence-corrected chi connectivity index (χ0v) is 10.2. The predicted octanol–water partition coefficient (Wildman–Crippen LogP) is 3.88. The van der Waals surface area contributed by atoms with Gasteiger partial charge >= 0.3 is 6.18 Å². The van der Waals surface area contributed by atoms with Crippen LogP contribution in [-0.2, 0) is 6.42 Å². The first kappa shape index (κ1) is 13.8. The maximum Gasteiger partial charge on any atom is 0.389 e. The van der Waals surface area contributed by atoms with Gasteiger partial charge in [-0.1, -0.05) is 11.6 Å². The van der Waals surface area contributed by atoms with Gasteiger partial charge in [0.05, 0.1) is 4.34 Å². The van der Waals surface area contributed by atoms with Gasteiger partial charge in [0.2, 0.25) is 0 Å². The minimum Gasteiger partial charge on any atom is -0.316 e. The summed E-state index contributed by atoms with van der Waals surface area (Å²) < 4.78 is 36.1. The Balaban J connectivity index is 2.00. The summed E-state index contributed by atoms with van der Waals surface area (Å²) in [5.41, 5.74) is 0. The van der Waals surface area contributed by atoms with Crippen molar-refractivity contribution in [1.82, 2.24) is 5.32 Å². The minimum atomic E-state index is -4.04. The standard InChI is InChI=1S/C10H13ClF3NS/c11-9-3-2-8(16-9)4-7-15-6-1-5-10(12,13)14/h2-3,15H,1,4-7H2. The van der Waals surface area contributed by atoms with E-state index in [9.17, 15) is 13.2 Å². The smallest absolute Gasteiger partial charge is 0.316 e. The third-order valence-electron chi connectivity index (χ3n) is 1.99. The molecule has 0 saturated carbocycles. The van der Waals surface area contributed by atoms with Crippen LogP contribution in [0.25, 0.3) is 0 Å². The van der Waals surface area contributed by atoms with E-state index in [1.165, 1.54) is 11.3 Å². The van der Waals surface area contributed by atoms with Gasteiger partial charge in [-0.3, -0.25) is 0 Å². The molecule has 0 unspecified atom stereocenters. The third-order valence-corrected chi connectivity index (χ3v) is 3.28. The van der Waals surface area contributed by atoms with E-state index in [2.05, 4.69) is 5.32 Å². The minimum absolute atomic E-state index is 0.134. The molecule has 1 N–H and O–H groups in total. The highest BCUT2D eigenvalue weighted by Crippen LogP contribution is 2.22. The second kappa shape index (κ2) is 6.47. The third kappa shape index (κ3) is 6.35. The largest absolute Gasteiger partial charge is 0.389 e. The lowest BCUT2D eigenvalue weighted by Crippen LogP contribution is -2.20. The number of hydrogen-bond donors (Lipinski definition) is 1. The number of thiophene rings is 1. The number of nitrogens with one attached hydrogen (secondary N) is 1. The fourth-order valence-electron chi connectivity index (χ4n) is 1.24. The van der Waals surface area contributed by atoms with Crippen LogP contribution in [0.1, 0.15) is 17.7 Å². The average Bonchev–Trinajstić information content (AvgIpc) is 2.56. The van der Waals surface area contributed by atoms with E-state index >= 15 is 0 Å². The van der Waals surface area contributed by atoms with Crippen molar-refractivity contribution in [2.45, 2.75) is 25.4 Å². The topological polar surface area (TPSA) is 12.0 Å². The van der Waals surface area contributed by atoms with E-state index in [0.29, 0.717) is 13.1 Å². The molecule has 1 rings (SSSR count). The van der Waals surface area contributed by atoms with Crippen molar-refractivity contribution in [3.8, 4) is 0 Å². The summed E-state index contributed by atoms with van der Waals surface area (Å²) in [6.45, 7) is 1.09. The van der Waals surface area contributed by atoms with Gasteiger partial charge in [-0.05, 0) is 38.1 Å². The van der Waals surface area contributed by atoms with Gasteiger partial charge < -0.3 is 5.32 Å². The van der Waals surface area contributed by atoms with Crippen LogP contribution in [0.3, 0.4) is 0 Å². The first-order valence-corrected chi connectivity index (χ1v) is 6.18. The Bertz CT molecular complexity index is 311. The second-order valence-corrected chi connectivity index (χ2v) is 5.22. The van der Waals surface area contributed by atoms with Crippen LogP contribution >= 0.6 is 22.9 Å². The molecular weight excluding hydrogens is 259 g/mol. The highest BCUT2D eigenvalue weighted by molar-refractivity contribution is 7.16. The lowest BCUT2D eigenvalue weighted by Gasteiger charge is -2.06. The molecule has 6 heteroatoms. The van der Waals surface area contributed by atoms with Crippen LogP contribution in [-0.4, -0.2) is 19.3 Å². The highest BCUT2D eigenvalue weighted by Gasteiger charge is 2.25. The summed E-state index contributed by atoms with van der Waals surface area (Å²) in [5, 5.41) is 2.98. The fraction of sp³-hybridized carbons (Fsp3) is 0.600. The summed E-state index contributed by atoms with van der Waals surface area (Å²) in [5.74, 6) is 0. The Morgan fingerprint density at radius 2 is 2.00 bits per heavy atom. The molecule has 0 aliphatic heterocycles. The normalized spacial score (nSPS) is 12.0. The zero-order valence-electron chi connectivity index (χ0n) is 8.61. The van der Waals surface area contributed by atoms with Crippen molar-refractivity contribution in [2.24, 2.45) is 0 Å². The van der Waals surface area contributed by atoms with Gasteiger partial charge in [-0.15, -0.1) is 11.3 Å². The zero-order chi connectivity index (χ0) is 12.0. The first-order chi connectivity index (χ1) is 7.47. The van der Waals surface area contributed by atoms with Crippen LogP contribution in [0.5, 0.6) is 0 Å². The van der Waals surface area contributed by atoms with Gasteiger partial charge in [-0.25, -0.2) is 0 Å². The van der Waals surface area contributed by atoms with E-state index in [0.717, 1.165) is 15.6 Å². The monoisotopic (exact) mass is 271 g/mol. The predicted molar refractivity (Wildman–Crippen MR) is 61.2 cm³/mol. The SMILES string of the molecule is FC(F)(F)CCCNCCc1ccc(Cl)s1. The molecule has 0 fully saturated rings. The van der Waals surface area contributed by atoms with Crippen molar-refractivity contribution >= 4 is 22.9 Å². The molecule has 92 valence electrons. The Morgan fingerprint density at radius 1 is 1.25 bits per heavy atom. The molecule has 1 nitrogen and oxygen atoms in total. The van der Waals surface area contributed by atoms with Gasteiger partial charge in [-0.2, -0.15) is 13.2 Å². The summed E-state index contributed by atoms with van der Waals surface area (Å²) in [6.07, 6.45) is -3.81. The second-order valence-electron chi connectivity index (χ2n) is 3.42. The van der Waals surface area contributed by atoms with Crippen molar-refractivity contribution in [3.05, 3.63) is 21.3 Å². The molecule has 16 heavy (non-hydrogen) atoms. The average molecular weight is 272 g/mol. The first-order valence-electron chi connectivity index (χ1n) is 4.99. The molecule has 0 aromatic carbocycles. The van der Waals surface area contributed by atoms with Crippen molar-refractivity contribution < 1.29 is 13.2 Å². The molecule has 0 aliphatic rings. The molecule has 0 spiro atoms. The maximum atomic E-state index is 11.8. The van der Waals surface area contributed by atoms with Crippen LogP contribution in [0.4, 0.5) is 13.2 Å². The summed E-state index contributed by atoms with van der Waals surface area (Å²) in [7, 11) is 0. The molecule has 0 saturated heterocycles. The maximum absolute atomic E-state index is 11.8. The number of halogens is 4. The molecular formula is C10H13ClF3NS. The summed E-state index contributed by atoms with van der Waals surface area (Å²) in [4.78, 5) is 1.15. The van der Waals surface area contributed by atoms with Crippen molar-refractivity contribution in [1.29, 1.82) is 0 Å². The molecule has 0 aliphatic carbocycles. The van der Waals surface area contributed by atoms with Gasteiger partial charge in [0.25, 0.3) is 0 Å². The van der Waals surface area contributed by atoms with E-state index in [1.54, 1.807) is 0 Å². The Hall–Kier alpha value is -0.260. The van der Waals surface area contributed by atoms with E-state index in [4.69, 9.17) is 11.6 Å². The van der Waals surface area contributed by atoms with Gasteiger partial charge in [0.1, 0.15) is 0 Å². The van der Waals surface area contributed by atoms with Crippen molar-refractivity contribution in [3.63, 3.8) is 0 Å². The molecule has 0 radical (unpaired) electrons. The van der Waals surface area contributed by atoms with Gasteiger partial charge in [0.15, 0.2) is 0 Å². The Morgan fingerprint density at radius 3 is 2.56 bits per heavy atom. The van der Waals surface area contributed by atoms with E-state index < -0.39 is 12.6 Å². The fourth-order valence-corrected chi connectivity index (χ4v) is 2.32. The quantitative estimate of drug-likeness (QED) is 0.775. The lowest BCUT2D eigenvalue weighted by atomic mass is 10.3. The Labute approximate surface area is 102 Å². The molecule has 1 heterocycles. The molecule has 1 aromatic rings.